The van der Waals surface area contributed by atoms with Gasteiger partial charge >= 0.3 is 0 Å². The molecule has 0 saturated carbocycles. The molecular weight excluding hydrogens is 334 g/mol. The zero-order valence-electron chi connectivity index (χ0n) is 13.6. The molecule has 0 radical (unpaired) electrons. The van der Waals surface area contributed by atoms with Gasteiger partial charge in [0.15, 0.2) is 0 Å². The van der Waals surface area contributed by atoms with E-state index in [1.807, 2.05) is 25.1 Å². The molecule has 2 aliphatic rings. The molecule has 0 aromatic heterocycles. The third-order valence-corrected chi connectivity index (χ3v) is 6.73. The van der Waals surface area contributed by atoms with E-state index in [1.165, 1.54) is 0 Å². The fraction of sp³-hybridized carbons (Fsp3) is 0.625. The van der Waals surface area contributed by atoms with Gasteiger partial charge in [-0.3, -0.25) is 4.90 Å². The average molecular weight is 360 g/mol. The van der Waals surface area contributed by atoms with Crippen LogP contribution in [-0.4, -0.2) is 62.9 Å². The van der Waals surface area contributed by atoms with Crippen molar-refractivity contribution in [3.8, 4) is 0 Å². The van der Waals surface area contributed by atoms with Gasteiger partial charge in [-0.15, -0.1) is 12.4 Å². The Morgan fingerprint density at radius 3 is 2.57 bits per heavy atom. The van der Waals surface area contributed by atoms with Gasteiger partial charge in [0.2, 0.25) is 10.0 Å². The number of nitrogens with zero attached hydrogens (tertiary/aromatic N) is 2. The van der Waals surface area contributed by atoms with Gasteiger partial charge in [-0.25, -0.2) is 8.42 Å². The van der Waals surface area contributed by atoms with E-state index in [-0.39, 0.29) is 12.4 Å². The first-order chi connectivity index (χ1) is 10.6. The van der Waals surface area contributed by atoms with Crippen LogP contribution in [0.2, 0.25) is 0 Å². The molecule has 1 unspecified atom stereocenters. The zero-order chi connectivity index (χ0) is 15.6. The fourth-order valence-corrected chi connectivity index (χ4v) is 5.25. The van der Waals surface area contributed by atoms with E-state index in [0.29, 0.717) is 24.0 Å². The summed E-state index contributed by atoms with van der Waals surface area (Å²) in [6.45, 7) is 7.30. The molecule has 1 aromatic rings. The largest absolute Gasteiger partial charge is 0.314 e. The summed E-state index contributed by atoms with van der Waals surface area (Å²) >= 11 is 0. The quantitative estimate of drug-likeness (QED) is 0.881. The normalized spacial score (nSPS) is 23.6. The monoisotopic (exact) mass is 359 g/mol. The molecule has 1 aromatic carbocycles. The molecule has 130 valence electrons. The van der Waals surface area contributed by atoms with Crippen LogP contribution in [0.3, 0.4) is 0 Å². The number of halogens is 1. The minimum Gasteiger partial charge on any atom is -0.314 e. The molecule has 2 heterocycles. The molecule has 23 heavy (non-hydrogen) atoms. The summed E-state index contributed by atoms with van der Waals surface area (Å²) in [6, 6.07) is 7.75. The summed E-state index contributed by atoms with van der Waals surface area (Å²) in [6.07, 6.45) is 1.68. The van der Waals surface area contributed by atoms with Crippen LogP contribution in [0.5, 0.6) is 0 Å². The number of hydrogen-bond donors (Lipinski definition) is 1. The summed E-state index contributed by atoms with van der Waals surface area (Å²) in [5, 5.41) is 3.35. The van der Waals surface area contributed by atoms with Gasteiger partial charge in [0.25, 0.3) is 0 Å². The number of nitrogens with one attached hydrogen (secondary N) is 1. The molecule has 1 N–H and O–H groups in total. The van der Waals surface area contributed by atoms with Crippen LogP contribution in [0.15, 0.2) is 29.2 Å². The van der Waals surface area contributed by atoms with Crippen LogP contribution in [-0.2, 0) is 16.4 Å². The Bertz CT molecular complexity index is 618. The number of benzene rings is 1. The number of rotatable bonds is 4. The van der Waals surface area contributed by atoms with Crippen molar-refractivity contribution in [3.63, 3.8) is 0 Å². The Labute approximate surface area is 145 Å². The van der Waals surface area contributed by atoms with Crippen molar-refractivity contribution in [3.05, 3.63) is 29.8 Å². The minimum atomic E-state index is -3.36. The van der Waals surface area contributed by atoms with E-state index in [1.54, 1.807) is 10.4 Å². The van der Waals surface area contributed by atoms with Gasteiger partial charge < -0.3 is 5.32 Å². The fourth-order valence-electron chi connectivity index (χ4n) is 3.46. The van der Waals surface area contributed by atoms with Gasteiger partial charge in [0, 0.05) is 45.3 Å². The summed E-state index contributed by atoms with van der Waals surface area (Å²) in [7, 11) is -3.36. The van der Waals surface area contributed by atoms with Crippen molar-refractivity contribution in [2.45, 2.75) is 30.7 Å². The van der Waals surface area contributed by atoms with Crippen molar-refractivity contribution in [2.75, 3.05) is 39.3 Å². The standard InChI is InChI=1S/C16H25N3O2S.ClH/c1-2-14-5-3-4-6-16(14)22(20,21)19-10-7-15(13-19)18-11-8-17-9-12-18;/h3-6,15,17H,2,7-13H2,1H3;1H. The summed E-state index contributed by atoms with van der Waals surface area (Å²) in [5.41, 5.74) is 0.910. The van der Waals surface area contributed by atoms with Crippen LogP contribution < -0.4 is 5.32 Å². The highest BCUT2D eigenvalue weighted by Gasteiger charge is 2.36. The lowest BCUT2D eigenvalue weighted by Gasteiger charge is -2.32. The van der Waals surface area contributed by atoms with Crippen molar-refractivity contribution < 1.29 is 8.42 Å². The highest BCUT2D eigenvalue weighted by Crippen LogP contribution is 2.26. The molecule has 2 saturated heterocycles. The second-order valence-electron chi connectivity index (χ2n) is 6.05. The van der Waals surface area contributed by atoms with Crippen LogP contribution in [0, 0.1) is 0 Å². The second kappa shape index (κ2) is 7.94. The van der Waals surface area contributed by atoms with Gasteiger partial charge in [-0.05, 0) is 24.5 Å². The predicted molar refractivity (Wildman–Crippen MR) is 94.7 cm³/mol. The highest BCUT2D eigenvalue weighted by molar-refractivity contribution is 7.89. The molecule has 0 aliphatic carbocycles. The van der Waals surface area contributed by atoms with Crippen molar-refractivity contribution in [1.82, 2.24) is 14.5 Å². The van der Waals surface area contributed by atoms with Crippen molar-refractivity contribution >= 4 is 22.4 Å². The minimum absolute atomic E-state index is 0. The number of sulfonamides is 1. The zero-order valence-corrected chi connectivity index (χ0v) is 15.2. The Hall–Kier alpha value is -0.660. The first kappa shape index (κ1) is 18.7. The second-order valence-corrected chi connectivity index (χ2v) is 7.96. The summed E-state index contributed by atoms with van der Waals surface area (Å²) < 4.78 is 27.5. The van der Waals surface area contributed by atoms with Crippen LogP contribution >= 0.6 is 12.4 Å². The van der Waals surface area contributed by atoms with Crippen LogP contribution in [0.4, 0.5) is 0 Å². The average Bonchev–Trinajstić information content (AvgIpc) is 3.06. The topological polar surface area (TPSA) is 52.7 Å². The Morgan fingerprint density at radius 2 is 1.87 bits per heavy atom. The first-order valence-corrected chi connectivity index (χ1v) is 9.59. The van der Waals surface area contributed by atoms with E-state index in [4.69, 9.17) is 0 Å². The molecule has 5 nitrogen and oxygen atoms in total. The molecule has 0 amide bonds. The molecule has 0 spiro atoms. The molecule has 3 rings (SSSR count). The Balaban J connectivity index is 0.00000192. The highest BCUT2D eigenvalue weighted by atomic mass is 35.5. The molecule has 2 fully saturated rings. The first-order valence-electron chi connectivity index (χ1n) is 8.15. The van der Waals surface area contributed by atoms with Crippen LogP contribution in [0.1, 0.15) is 18.9 Å². The van der Waals surface area contributed by atoms with Gasteiger partial charge in [0.1, 0.15) is 0 Å². The lowest BCUT2D eigenvalue weighted by Crippen LogP contribution is -2.49. The summed E-state index contributed by atoms with van der Waals surface area (Å²) in [5.74, 6) is 0. The number of hydrogen-bond acceptors (Lipinski definition) is 4. The number of aryl methyl sites for hydroxylation is 1. The van der Waals surface area contributed by atoms with Gasteiger partial charge in [0.05, 0.1) is 4.90 Å². The van der Waals surface area contributed by atoms with E-state index in [2.05, 4.69) is 10.2 Å². The van der Waals surface area contributed by atoms with Gasteiger partial charge in [-0.2, -0.15) is 4.31 Å². The summed E-state index contributed by atoms with van der Waals surface area (Å²) in [4.78, 5) is 2.91. The maximum atomic E-state index is 12.9. The molecular formula is C16H26ClN3O2S. The van der Waals surface area contributed by atoms with Crippen LogP contribution in [0.25, 0.3) is 0 Å². The molecule has 2 aliphatic heterocycles. The van der Waals surface area contributed by atoms with Gasteiger partial charge in [-0.1, -0.05) is 25.1 Å². The molecule has 7 heteroatoms. The molecule has 1 atom stereocenters. The van der Waals surface area contributed by atoms with E-state index < -0.39 is 10.0 Å². The lowest BCUT2D eigenvalue weighted by atomic mass is 10.2. The smallest absolute Gasteiger partial charge is 0.243 e. The Kier molecular flexibility index (Phi) is 6.45. The maximum Gasteiger partial charge on any atom is 0.243 e. The Morgan fingerprint density at radius 1 is 1.17 bits per heavy atom. The predicted octanol–water partition coefficient (Wildman–Crippen LogP) is 1.34. The maximum absolute atomic E-state index is 12.9. The SMILES string of the molecule is CCc1ccccc1S(=O)(=O)N1CCC(N2CCNCC2)C1.Cl. The number of piperazine rings is 1. The van der Waals surface area contributed by atoms with E-state index in [9.17, 15) is 8.42 Å². The van der Waals surface area contributed by atoms with Crippen molar-refractivity contribution in [2.24, 2.45) is 0 Å². The third kappa shape index (κ3) is 3.88. The van der Waals surface area contributed by atoms with Crippen molar-refractivity contribution in [1.29, 1.82) is 0 Å². The van der Waals surface area contributed by atoms with E-state index >= 15 is 0 Å². The third-order valence-electron chi connectivity index (χ3n) is 4.77. The lowest BCUT2D eigenvalue weighted by molar-refractivity contribution is 0.179. The molecule has 0 bridgehead atoms. The van der Waals surface area contributed by atoms with E-state index in [0.717, 1.165) is 44.6 Å².